The van der Waals surface area contributed by atoms with Crippen molar-refractivity contribution in [2.45, 2.75) is 19.1 Å². The Morgan fingerprint density at radius 3 is 2.24 bits per heavy atom. The molecule has 1 aliphatic rings. The van der Waals surface area contributed by atoms with E-state index in [2.05, 4.69) is 4.74 Å². The molecule has 0 aromatic heterocycles. The van der Waals surface area contributed by atoms with E-state index in [0.717, 1.165) is 0 Å². The molecule has 1 amide bonds. The molecule has 2 unspecified atom stereocenters. The summed E-state index contributed by atoms with van der Waals surface area (Å²) in [6, 6.07) is 13.8. The zero-order valence-electron chi connectivity index (χ0n) is 16.0. The number of nitrogens with zero attached hydrogens (tertiary/aromatic N) is 1. The first-order valence-electron chi connectivity index (χ1n) is 9.05. The van der Waals surface area contributed by atoms with Gasteiger partial charge in [-0.2, -0.15) is 0 Å². The van der Waals surface area contributed by atoms with Crippen LogP contribution in [0.1, 0.15) is 34.5 Å². The zero-order chi connectivity index (χ0) is 21.1. The largest absolute Gasteiger partial charge is 0.507 e. The second kappa shape index (κ2) is 8.28. The average Bonchev–Trinajstić information content (AvgIpc) is 2.98. The quantitative estimate of drug-likeness (QED) is 0.348. The number of amides is 1. The predicted octanol–water partition coefficient (Wildman–Crippen LogP) is 2.28. The van der Waals surface area contributed by atoms with Crippen molar-refractivity contribution in [3.8, 4) is 0 Å². The van der Waals surface area contributed by atoms with Gasteiger partial charge in [-0.1, -0.05) is 42.5 Å². The monoisotopic (exact) mass is 395 g/mol. The molecule has 1 aliphatic heterocycles. The van der Waals surface area contributed by atoms with Gasteiger partial charge in [-0.3, -0.25) is 9.59 Å². The van der Waals surface area contributed by atoms with Crippen LogP contribution in [0.15, 0.2) is 60.2 Å². The third-order valence-corrected chi connectivity index (χ3v) is 4.70. The van der Waals surface area contributed by atoms with Gasteiger partial charge < -0.3 is 19.8 Å². The molecule has 150 valence electrons. The van der Waals surface area contributed by atoms with Crippen molar-refractivity contribution in [1.82, 2.24) is 4.90 Å². The fourth-order valence-corrected chi connectivity index (χ4v) is 3.37. The number of esters is 1. The zero-order valence-corrected chi connectivity index (χ0v) is 16.0. The van der Waals surface area contributed by atoms with Crippen LogP contribution in [-0.4, -0.2) is 52.5 Å². The number of β-amino-alcohol motifs (C(OH)–C–C–N with tert-alkyl or cyclic N) is 1. The third kappa shape index (κ3) is 3.90. The van der Waals surface area contributed by atoms with Crippen LogP contribution in [-0.2, 0) is 14.3 Å². The highest BCUT2D eigenvalue weighted by molar-refractivity contribution is 6.46. The maximum absolute atomic E-state index is 12.8. The minimum atomic E-state index is -0.892. The summed E-state index contributed by atoms with van der Waals surface area (Å²) in [5.74, 6) is -2.43. The molecule has 2 aromatic rings. The smallest absolute Gasteiger partial charge is 0.337 e. The molecule has 1 saturated heterocycles. The first-order chi connectivity index (χ1) is 13.8. The van der Waals surface area contributed by atoms with Gasteiger partial charge in [0.2, 0.25) is 0 Å². The lowest BCUT2D eigenvalue weighted by molar-refractivity contribution is -0.140. The number of likely N-dealkylation sites (tertiary alicyclic amines) is 1. The first-order valence-corrected chi connectivity index (χ1v) is 9.05. The highest BCUT2D eigenvalue weighted by Crippen LogP contribution is 2.39. The molecular weight excluding hydrogens is 374 g/mol. The molecule has 1 heterocycles. The average molecular weight is 395 g/mol. The Morgan fingerprint density at radius 2 is 1.69 bits per heavy atom. The first kappa shape index (κ1) is 20.3. The Morgan fingerprint density at radius 1 is 1.07 bits per heavy atom. The van der Waals surface area contributed by atoms with Crippen LogP contribution in [0.25, 0.3) is 5.76 Å². The summed E-state index contributed by atoms with van der Waals surface area (Å²) in [6.45, 7) is 1.42. The van der Waals surface area contributed by atoms with E-state index in [-0.39, 0.29) is 17.9 Å². The second-order valence-corrected chi connectivity index (χ2v) is 6.78. The van der Waals surface area contributed by atoms with Crippen LogP contribution in [0.4, 0.5) is 0 Å². The van der Waals surface area contributed by atoms with Gasteiger partial charge >= 0.3 is 5.97 Å². The maximum Gasteiger partial charge on any atom is 0.337 e. The molecule has 29 heavy (non-hydrogen) atoms. The summed E-state index contributed by atoms with van der Waals surface area (Å²) in [5.41, 5.74) is 1.17. The van der Waals surface area contributed by atoms with Crippen molar-refractivity contribution in [2.75, 3.05) is 13.7 Å². The molecule has 2 atom stereocenters. The van der Waals surface area contributed by atoms with Crippen molar-refractivity contribution in [2.24, 2.45) is 0 Å². The summed E-state index contributed by atoms with van der Waals surface area (Å²) in [7, 11) is 1.27. The number of benzene rings is 2. The Hall–Kier alpha value is -3.45. The van der Waals surface area contributed by atoms with Crippen LogP contribution < -0.4 is 0 Å². The number of aliphatic hydroxyl groups is 2. The molecule has 0 aliphatic carbocycles. The molecule has 0 saturated carbocycles. The lowest BCUT2D eigenvalue weighted by Gasteiger charge is -2.26. The van der Waals surface area contributed by atoms with Gasteiger partial charge in [0.05, 0.1) is 30.4 Å². The van der Waals surface area contributed by atoms with Gasteiger partial charge in [0, 0.05) is 12.1 Å². The van der Waals surface area contributed by atoms with Gasteiger partial charge in [0.1, 0.15) is 5.76 Å². The SMILES string of the molecule is COC(=O)c1ccc(C2/C(=C(\O)c3ccccc3)C(=O)C(=O)N2CC(C)O)cc1. The number of methoxy groups -OCH3 is 1. The topological polar surface area (TPSA) is 104 Å². The summed E-state index contributed by atoms with van der Waals surface area (Å²) >= 11 is 0. The Balaban J connectivity index is 2.14. The summed E-state index contributed by atoms with van der Waals surface area (Å²) in [6.07, 6.45) is -0.873. The minimum Gasteiger partial charge on any atom is -0.507 e. The molecule has 7 heteroatoms. The van der Waals surface area contributed by atoms with Crippen LogP contribution in [0.5, 0.6) is 0 Å². The van der Waals surface area contributed by atoms with E-state index in [0.29, 0.717) is 16.7 Å². The standard InChI is InChI=1S/C22H21NO6/c1-13(24)12-23-18(14-8-10-16(11-9-14)22(28)29-2)17(20(26)21(23)27)19(25)15-6-4-3-5-7-15/h3-11,13,18,24-25H,12H2,1-2H3/b19-17+. The number of ether oxygens (including phenoxy) is 1. The predicted molar refractivity (Wildman–Crippen MR) is 105 cm³/mol. The van der Waals surface area contributed by atoms with Gasteiger partial charge in [-0.15, -0.1) is 0 Å². The molecular formula is C22H21NO6. The number of aliphatic hydroxyl groups excluding tert-OH is 2. The molecule has 2 N–H and O–H groups in total. The number of carbonyl (C=O) groups excluding carboxylic acids is 3. The molecule has 3 rings (SSSR count). The summed E-state index contributed by atoms with van der Waals surface area (Å²) < 4.78 is 4.69. The maximum atomic E-state index is 12.8. The number of hydrogen-bond donors (Lipinski definition) is 2. The highest BCUT2D eigenvalue weighted by Gasteiger charge is 2.46. The van der Waals surface area contributed by atoms with E-state index in [9.17, 15) is 24.6 Å². The molecule has 0 radical (unpaired) electrons. The molecule has 0 bridgehead atoms. The van der Waals surface area contributed by atoms with Crippen LogP contribution >= 0.6 is 0 Å². The van der Waals surface area contributed by atoms with E-state index in [1.54, 1.807) is 42.5 Å². The van der Waals surface area contributed by atoms with E-state index >= 15 is 0 Å². The van der Waals surface area contributed by atoms with E-state index < -0.39 is 29.8 Å². The number of Topliss-reactive ketones (excluding diaryl/α,β-unsaturated/α-hetero) is 1. The van der Waals surface area contributed by atoms with Crippen molar-refractivity contribution < 1.29 is 29.3 Å². The summed E-state index contributed by atoms with van der Waals surface area (Å²) in [5, 5.41) is 20.6. The number of hydrogen-bond acceptors (Lipinski definition) is 6. The van der Waals surface area contributed by atoms with Crippen molar-refractivity contribution in [3.05, 3.63) is 76.9 Å². The minimum absolute atomic E-state index is 0.0623. The third-order valence-electron chi connectivity index (χ3n) is 4.70. The normalized spacial score (nSPS) is 19.3. The van der Waals surface area contributed by atoms with E-state index in [4.69, 9.17) is 0 Å². The van der Waals surface area contributed by atoms with E-state index in [1.807, 2.05) is 0 Å². The van der Waals surface area contributed by atoms with Crippen LogP contribution in [0.2, 0.25) is 0 Å². The lowest BCUT2D eigenvalue weighted by Crippen LogP contribution is -2.35. The second-order valence-electron chi connectivity index (χ2n) is 6.78. The molecule has 7 nitrogen and oxygen atoms in total. The summed E-state index contributed by atoms with van der Waals surface area (Å²) in [4.78, 5) is 38.3. The van der Waals surface area contributed by atoms with Gasteiger partial charge in [-0.25, -0.2) is 4.79 Å². The number of ketones is 1. The molecule has 2 aromatic carbocycles. The van der Waals surface area contributed by atoms with Gasteiger partial charge in [0.25, 0.3) is 11.7 Å². The van der Waals surface area contributed by atoms with Crippen molar-refractivity contribution >= 4 is 23.4 Å². The fraction of sp³-hybridized carbons (Fsp3) is 0.227. The Bertz CT molecular complexity index is 963. The van der Waals surface area contributed by atoms with Crippen molar-refractivity contribution in [1.29, 1.82) is 0 Å². The number of rotatable bonds is 5. The Kier molecular flexibility index (Phi) is 5.79. The number of carbonyl (C=O) groups is 3. The van der Waals surface area contributed by atoms with E-state index in [1.165, 1.54) is 31.1 Å². The van der Waals surface area contributed by atoms with Gasteiger partial charge in [-0.05, 0) is 24.6 Å². The molecule has 1 fully saturated rings. The lowest BCUT2D eigenvalue weighted by atomic mass is 9.94. The fourth-order valence-electron chi connectivity index (χ4n) is 3.37. The molecule has 0 spiro atoms. The highest BCUT2D eigenvalue weighted by atomic mass is 16.5. The van der Waals surface area contributed by atoms with Crippen LogP contribution in [0.3, 0.4) is 0 Å². The van der Waals surface area contributed by atoms with Gasteiger partial charge in [0.15, 0.2) is 0 Å². The Labute approximate surface area is 167 Å². The van der Waals surface area contributed by atoms with Crippen molar-refractivity contribution in [3.63, 3.8) is 0 Å². The van der Waals surface area contributed by atoms with Crippen LogP contribution in [0, 0.1) is 0 Å².